The molecule has 1 aromatic carbocycles. The molecule has 1 aromatic rings. The van der Waals surface area contributed by atoms with E-state index in [0.29, 0.717) is 18.9 Å². The van der Waals surface area contributed by atoms with Crippen molar-refractivity contribution in [3.63, 3.8) is 0 Å². The Labute approximate surface area is 153 Å². The molecule has 0 aromatic heterocycles. The van der Waals surface area contributed by atoms with Gasteiger partial charge in [0.15, 0.2) is 0 Å². The highest BCUT2D eigenvalue weighted by Gasteiger charge is 2.18. The number of hydrogen-bond donors (Lipinski definition) is 1. The maximum absolute atomic E-state index is 12.0. The van der Waals surface area contributed by atoms with E-state index in [4.69, 9.17) is 4.74 Å². The Kier molecular flexibility index (Phi) is 8.74. The molecule has 0 aliphatic rings. The lowest BCUT2D eigenvalue weighted by molar-refractivity contribution is -0.121. The van der Waals surface area contributed by atoms with Crippen LogP contribution in [-0.4, -0.2) is 13.0 Å². The Morgan fingerprint density at radius 1 is 1.24 bits per heavy atom. The van der Waals surface area contributed by atoms with Gasteiger partial charge in [-0.2, -0.15) is 0 Å². The number of carbonyl (C=O) groups excluding carboxylic acids is 1. The summed E-state index contributed by atoms with van der Waals surface area (Å²) in [6.07, 6.45) is 8.06. The van der Waals surface area contributed by atoms with E-state index in [-0.39, 0.29) is 11.3 Å². The number of methoxy groups -OCH3 is 1. The lowest BCUT2D eigenvalue weighted by Gasteiger charge is -2.22. The molecule has 0 radical (unpaired) electrons. The van der Waals surface area contributed by atoms with E-state index >= 15 is 0 Å². The van der Waals surface area contributed by atoms with Crippen LogP contribution >= 0.6 is 0 Å². The van der Waals surface area contributed by atoms with Gasteiger partial charge in [0.25, 0.3) is 0 Å². The summed E-state index contributed by atoms with van der Waals surface area (Å²) in [5.41, 5.74) is 2.29. The van der Waals surface area contributed by atoms with Gasteiger partial charge in [-0.25, -0.2) is 0 Å². The Hall–Kier alpha value is -1.77. The standard InChI is InChI=1S/C22H35NO2/c1-17(2)11-9-7-8-10-12-21(24)23-16-18-13-14-19(22(3,4)5)20(15-18)25-6/h9,11,13-15,17H,7-8,10,12,16H2,1-6H3,(H,23,24)/b11-9+. The molecular formula is C22H35NO2. The monoisotopic (exact) mass is 345 g/mol. The predicted octanol–water partition coefficient (Wildman–Crippen LogP) is 5.38. The van der Waals surface area contributed by atoms with Crippen molar-refractivity contribution >= 4 is 5.91 Å². The van der Waals surface area contributed by atoms with Crippen molar-refractivity contribution < 1.29 is 9.53 Å². The lowest BCUT2D eigenvalue weighted by Crippen LogP contribution is -2.22. The fourth-order valence-electron chi connectivity index (χ4n) is 2.67. The molecule has 25 heavy (non-hydrogen) atoms. The molecule has 1 rings (SSSR count). The van der Waals surface area contributed by atoms with Crippen molar-refractivity contribution in [3.8, 4) is 5.75 Å². The lowest BCUT2D eigenvalue weighted by atomic mass is 9.86. The minimum atomic E-state index is 0.0388. The predicted molar refractivity (Wildman–Crippen MR) is 106 cm³/mol. The molecule has 140 valence electrons. The number of rotatable bonds is 9. The molecule has 1 N–H and O–H groups in total. The first-order valence-electron chi connectivity index (χ1n) is 9.34. The molecule has 0 aliphatic heterocycles. The Balaban J connectivity index is 2.41. The van der Waals surface area contributed by atoms with Crippen molar-refractivity contribution in [2.45, 2.75) is 72.3 Å². The van der Waals surface area contributed by atoms with E-state index in [9.17, 15) is 4.79 Å². The molecular weight excluding hydrogens is 310 g/mol. The Morgan fingerprint density at radius 3 is 2.56 bits per heavy atom. The van der Waals surface area contributed by atoms with Gasteiger partial charge < -0.3 is 10.1 Å². The molecule has 0 atom stereocenters. The average Bonchev–Trinajstić information content (AvgIpc) is 2.54. The van der Waals surface area contributed by atoms with Gasteiger partial charge in [-0.15, -0.1) is 0 Å². The normalized spacial score (nSPS) is 12.0. The molecule has 0 spiro atoms. The number of allylic oxidation sites excluding steroid dienone is 2. The van der Waals surface area contributed by atoms with Crippen LogP contribution in [0.4, 0.5) is 0 Å². The van der Waals surface area contributed by atoms with Crippen LogP contribution in [0.2, 0.25) is 0 Å². The van der Waals surface area contributed by atoms with E-state index in [1.165, 1.54) is 5.56 Å². The van der Waals surface area contributed by atoms with Gasteiger partial charge in [0.1, 0.15) is 5.75 Å². The number of carbonyl (C=O) groups is 1. The summed E-state index contributed by atoms with van der Waals surface area (Å²) in [5.74, 6) is 1.60. The second-order valence-electron chi connectivity index (χ2n) is 7.98. The summed E-state index contributed by atoms with van der Waals surface area (Å²) in [4.78, 5) is 12.0. The molecule has 3 heteroatoms. The van der Waals surface area contributed by atoms with Gasteiger partial charge in [-0.3, -0.25) is 4.79 Å². The van der Waals surface area contributed by atoms with E-state index in [1.807, 2.05) is 6.07 Å². The highest BCUT2D eigenvalue weighted by Crippen LogP contribution is 2.31. The van der Waals surface area contributed by atoms with Crippen molar-refractivity contribution in [1.82, 2.24) is 5.32 Å². The smallest absolute Gasteiger partial charge is 0.220 e. The molecule has 0 saturated heterocycles. The zero-order valence-electron chi connectivity index (χ0n) is 16.8. The van der Waals surface area contributed by atoms with E-state index in [2.05, 4.69) is 64.2 Å². The van der Waals surface area contributed by atoms with E-state index < -0.39 is 0 Å². The molecule has 0 aliphatic carbocycles. The number of nitrogens with one attached hydrogen (secondary N) is 1. The van der Waals surface area contributed by atoms with Gasteiger partial charge in [0.05, 0.1) is 7.11 Å². The fraction of sp³-hybridized carbons (Fsp3) is 0.591. The van der Waals surface area contributed by atoms with Crippen molar-refractivity contribution in [3.05, 3.63) is 41.5 Å². The van der Waals surface area contributed by atoms with Crippen LogP contribution in [0.3, 0.4) is 0 Å². The van der Waals surface area contributed by atoms with Crippen LogP contribution < -0.4 is 10.1 Å². The summed E-state index contributed by atoms with van der Waals surface area (Å²) < 4.78 is 5.52. The van der Waals surface area contributed by atoms with Crippen LogP contribution in [0.1, 0.15) is 71.4 Å². The third kappa shape index (κ3) is 8.24. The quantitative estimate of drug-likeness (QED) is 0.482. The first kappa shape index (κ1) is 21.3. The van der Waals surface area contributed by atoms with E-state index in [1.54, 1.807) is 7.11 Å². The first-order valence-corrected chi connectivity index (χ1v) is 9.34. The zero-order valence-corrected chi connectivity index (χ0v) is 16.8. The largest absolute Gasteiger partial charge is 0.496 e. The number of hydrogen-bond acceptors (Lipinski definition) is 2. The fourth-order valence-corrected chi connectivity index (χ4v) is 2.67. The second kappa shape index (κ2) is 10.3. The number of amides is 1. The number of benzene rings is 1. The zero-order chi connectivity index (χ0) is 18.9. The molecule has 0 saturated carbocycles. The highest BCUT2D eigenvalue weighted by molar-refractivity contribution is 5.75. The van der Waals surface area contributed by atoms with Gasteiger partial charge in [-0.05, 0) is 47.8 Å². The summed E-state index contributed by atoms with van der Waals surface area (Å²) in [6, 6.07) is 6.19. The third-order valence-corrected chi connectivity index (χ3v) is 4.11. The third-order valence-electron chi connectivity index (χ3n) is 4.11. The SMILES string of the molecule is COc1cc(CNC(=O)CCCC/C=C/C(C)C)ccc1C(C)(C)C. The van der Waals surface area contributed by atoms with Crippen molar-refractivity contribution in [1.29, 1.82) is 0 Å². The molecule has 3 nitrogen and oxygen atoms in total. The number of unbranched alkanes of at least 4 members (excludes halogenated alkanes) is 2. The first-order chi connectivity index (χ1) is 11.7. The highest BCUT2D eigenvalue weighted by atomic mass is 16.5. The Bertz CT molecular complexity index is 568. The van der Waals surface area contributed by atoms with Crippen molar-refractivity contribution in [2.75, 3.05) is 7.11 Å². The van der Waals surface area contributed by atoms with Gasteiger partial charge in [-0.1, -0.05) is 58.9 Å². The van der Waals surface area contributed by atoms with Crippen LogP contribution in [-0.2, 0) is 16.8 Å². The molecule has 0 unspecified atom stereocenters. The molecule has 0 fully saturated rings. The molecule has 0 heterocycles. The summed E-state index contributed by atoms with van der Waals surface area (Å²) in [5, 5.41) is 3.01. The minimum Gasteiger partial charge on any atom is -0.496 e. The van der Waals surface area contributed by atoms with Gasteiger partial charge >= 0.3 is 0 Å². The number of ether oxygens (including phenoxy) is 1. The van der Waals surface area contributed by atoms with Gasteiger partial charge in [0, 0.05) is 13.0 Å². The maximum Gasteiger partial charge on any atom is 0.220 e. The minimum absolute atomic E-state index is 0.0388. The van der Waals surface area contributed by atoms with Crippen LogP contribution in [0.25, 0.3) is 0 Å². The van der Waals surface area contributed by atoms with Crippen molar-refractivity contribution in [2.24, 2.45) is 5.92 Å². The Morgan fingerprint density at radius 2 is 1.96 bits per heavy atom. The maximum atomic E-state index is 12.0. The summed E-state index contributed by atoms with van der Waals surface area (Å²) >= 11 is 0. The van der Waals surface area contributed by atoms with Crippen LogP contribution in [0.15, 0.2) is 30.4 Å². The molecule has 0 bridgehead atoms. The molecule has 1 amide bonds. The topological polar surface area (TPSA) is 38.3 Å². The summed E-state index contributed by atoms with van der Waals surface area (Å²) in [6.45, 7) is 11.4. The van der Waals surface area contributed by atoms with E-state index in [0.717, 1.165) is 30.6 Å². The van der Waals surface area contributed by atoms with Crippen LogP contribution in [0.5, 0.6) is 5.75 Å². The van der Waals surface area contributed by atoms with Crippen LogP contribution in [0, 0.1) is 5.92 Å². The van der Waals surface area contributed by atoms with Gasteiger partial charge in [0.2, 0.25) is 5.91 Å². The second-order valence-corrected chi connectivity index (χ2v) is 7.98. The summed E-state index contributed by atoms with van der Waals surface area (Å²) in [7, 11) is 1.70. The average molecular weight is 346 g/mol.